The van der Waals surface area contributed by atoms with Crippen LogP contribution in [0.15, 0.2) is 27.2 Å². The fraction of sp³-hybridized carbons (Fsp3) is 0.667. The van der Waals surface area contributed by atoms with E-state index in [0.29, 0.717) is 23.6 Å². The molecule has 1 saturated carbocycles. The zero-order valence-electron chi connectivity index (χ0n) is 13.6. The average Bonchev–Trinajstić information content (AvgIpc) is 3.31. The highest BCUT2D eigenvalue weighted by atomic mass is 16.4. The van der Waals surface area contributed by atoms with Crippen LogP contribution >= 0.6 is 0 Å². The van der Waals surface area contributed by atoms with Gasteiger partial charge in [0.2, 0.25) is 5.89 Å². The molecule has 1 aliphatic heterocycles. The molecule has 2 aromatic rings. The highest BCUT2D eigenvalue weighted by Gasteiger charge is 2.29. The molecule has 0 bridgehead atoms. The van der Waals surface area contributed by atoms with Crippen molar-refractivity contribution in [3.05, 3.63) is 24.3 Å². The quantitative estimate of drug-likeness (QED) is 0.825. The van der Waals surface area contributed by atoms with Crippen molar-refractivity contribution < 1.29 is 8.83 Å². The summed E-state index contributed by atoms with van der Waals surface area (Å²) in [4.78, 5) is 2.54. The molecule has 5 heteroatoms. The van der Waals surface area contributed by atoms with Crippen molar-refractivity contribution in [1.29, 1.82) is 0 Å². The van der Waals surface area contributed by atoms with Gasteiger partial charge in [-0.2, -0.15) is 0 Å². The molecule has 2 aromatic heterocycles. The molecule has 0 N–H and O–H groups in total. The van der Waals surface area contributed by atoms with Crippen LogP contribution < -0.4 is 0 Å². The maximum Gasteiger partial charge on any atom is 0.283 e. The molecule has 1 aliphatic carbocycles. The van der Waals surface area contributed by atoms with Crippen LogP contribution in [0.3, 0.4) is 0 Å². The van der Waals surface area contributed by atoms with Gasteiger partial charge in [0, 0.05) is 6.04 Å². The summed E-state index contributed by atoms with van der Waals surface area (Å²) in [7, 11) is 0. The van der Waals surface area contributed by atoms with Crippen LogP contribution in [0.1, 0.15) is 57.3 Å². The maximum atomic E-state index is 5.77. The molecule has 1 unspecified atom stereocenters. The summed E-state index contributed by atoms with van der Waals surface area (Å²) in [5, 5.41) is 8.30. The highest BCUT2D eigenvalue weighted by molar-refractivity contribution is 5.42. The Balaban J connectivity index is 1.37. The van der Waals surface area contributed by atoms with Crippen LogP contribution in [0.2, 0.25) is 0 Å². The second-order valence-corrected chi connectivity index (χ2v) is 6.98. The summed E-state index contributed by atoms with van der Waals surface area (Å²) in [6.45, 7) is 1.92. The normalized spacial score (nSPS) is 23.6. The Kier molecular flexibility index (Phi) is 4.46. The van der Waals surface area contributed by atoms with Gasteiger partial charge in [0.25, 0.3) is 5.89 Å². The van der Waals surface area contributed by atoms with E-state index < -0.39 is 0 Å². The average molecular weight is 315 g/mol. The number of nitrogens with zero attached hydrogens (tertiary/aromatic N) is 3. The molecule has 0 radical (unpaired) electrons. The van der Waals surface area contributed by atoms with Crippen LogP contribution in [-0.4, -0.2) is 27.7 Å². The van der Waals surface area contributed by atoms with Gasteiger partial charge in [-0.1, -0.05) is 32.1 Å². The first-order valence-corrected chi connectivity index (χ1v) is 8.99. The summed E-state index contributed by atoms with van der Waals surface area (Å²) < 4.78 is 11.1. The van der Waals surface area contributed by atoms with Crippen molar-refractivity contribution in [1.82, 2.24) is 15.1 Å². The van der Waals surface area contributed by atoms with E-state index in [9.17, 15) is 0 Å². The van der Waals surface area contributed by atoms with Crippen molar-refractivity contribution in [2.75, 3.05) is 6.54 Å². The van der Waals surface area contributed by atoms with Crippen molar-refractivity contribution in [3.63, 3.8) is 0 Å². The van der Waals surface area contributed by atoms with E-state index >= 15 is 0 Å². The van der Waals surface area contributed by atoms with Crippen molar-refractivity contribution >= 4 is 0 Å². The summed E-state index contributed by atoms with van der Waals surface area (Å²) in [6.07, 6.45) is 12.7. The van der Waals surface area contributed by atoms with Gasteiger partial charge in [-0.05, 0) is 43.9 Å². The van der Waals surface area contributed by atoms with Gasteiger partial charge in [0.1, 0.15) is 0 Å². The van der Waals surface area contributed by atoms with Crippen molar-refractivity contribution in [2.24, 2.45) is 5.92 Å². The third-order valence-corrected chi connectivity index (χ3v) is 5.37. The molecule has 0 aromatic carbocycles. The summed E-state index contributed by atoms with van der Waals surface area (Å²) in [5.74, 6) is 2.75. The number of hydrogen-bond donors (Lipinski definition) is 0. The zero-order chi connectivity index (χ0) is 15.5. The van der Waals surface area contributed by atoms with Gasteiger partial charge >= 0.3 is 0 Å². The molecule has 1 atom stereocenters. The molecule has 3 heterocycles. The maximum absolute atomic E-state index is 5.77. The lowest BCUT2D eigenvalue weighted by atomic mass is 9.84. The SMILES string of the molecule is c1coc(-c2nnc(CN3CCCC3CC3CCCCC3)o2)c1. The minimum atomic E-state index is 0.480. The van der Waals surface area contributed by atoms with Gasteiger partial charge in [0.15, 0.2) is 5.76 Å². The van der Waals surface area contributed by atoms with E-state index in [1.807, 2.05) is 12.1 Å². The molecule has 23 heavy (non-hydrogen) atoms. The molecular formula is C18H25N3O2. The molecule has 5 nitrogen and oxygen atoms in total. The minimum Gasteiger partial charge on any atom is -0.459 e. The van der Waals surface area contributed by atoms with E-state index in [0.717, 1.165) is 19.0 Å². The largest absolute Gasteiger partial charge is 0.459 e. The van der Waals surface area contributed by atoms with Gasteiger partial charge in [0.05, 0.1) is 12.8 Å². The van der Waals surface area contributed by atoms with Gasteiger partial charge in [-0.15, -0.1) is 10.2 Å². The number of aromatic nitrogens is 2. The Hall–Kier alpha value is -1.62. The van der Waals surface area contributed by atoms with Crippen LogP contribution in [0.5, 0.6) is 0 Å². The van der Waals surface area contributed by atoms with E-state index in [2.05, 4.69) is 15.1 Å². The molecular weight excluding hydrogens is 290 g/mol. The zero-order valence-corrected chi connectivity index (χ0v) is 13.6. The molecule has 1 saturated heterocycles. The molecule has 0 amide bonds. The number of hydrogen-bond acceptors (Lipinski definition) is 5. The Bertz CT molecular complexity index is 602. The molecule has 2 fully saturated rings. The second-order valence-electron chi connectivity index (χ2n) is 6.98. The number of furan rings is 1. The second kappa shape index (κ2) is 6.87. The number of rotatable bonds is 5. The van der Waals surface area contributed by atoms with Crippen LogP contribution in [-0.2, 0) is 6.54 Å². The minimum absolute atomic E-state index is 0.480. The smallest absolute Gasteiger partial charge is 0.283 e. The number of likely N-dealkylation sites (tertiary alicyclic amines) is 1. The standard InChI is InChI=1S/C18H25N3O2/c1-2-6-14(7-3-1)12-15-8-4-10-21(15)13-17-19-20-18(23-17)16-9-5-11-22-16/h5,9,11,14-15H,1-4,6-8,10,12-13H2. The fourth-order valence-electron chi connectivity index (χ4n) is 4.17. The van der Waals surface area contributed by atoms with Crippen molar-refractivity contribution in [3.8, 4) is 11.7 Å². The first kappa shape index (κ1) is 14.9. The van der Waals surface area contributed by atoms with E-state index in [1.54, 1.807) is 6.26 Å². The fourth-order valence-corrected chi connectivity index (χ4v) is 4.17. The van der Waals surface area contributed by atoms with Gasteiger partial charge < -0.3 is 8.83 Å². The Morgan fingerprint density at radius 3 is 2.83 bits per heavy atom. The lowest BCUT2D eigenvalue weighted by Gasteiger charge is -2.29. The lowest BCUT2D eigenvalue weighted by molar-refractivity contribution is 0.179. The topological polar surface area (TPSA) is 55.3 Å². The third-order valence-electron chi connectivity index (χ3n) is 5.37. The molecule has 0 spiro atoms. The predicted molar refractivity (Wildman–Crippen MR) is 86.6 cm³/mol. The molecule has 2 aliphatic rings. The van der Waals surface area contributed by atoms with Crippen LogP contribution in [0.25, 0.3) is 11.7 Å². The van der Waals surface area contributed by atoms with Crippen molar-refractivity contribution in [2.45, 2.75) is 64.0 Å². The summed E-state index contributed by atoms with van der Waals surface area (Å²) in [6, 6.07) is 4.37. The Morgan fingerprint density at radius 2 is 2.00 bits per heavy atom. The predicted octanol–water partition coefficient (Wildman–Crippen LogP) is 4.26. The third kappa shape index (κ3) is 3.50. The van der Waals surface area contributed by atoms with Crippen LogP contribution in [0.4, 0.5) is 0 Å². The van der Waals surface area contributed by atoms with E-state index in [4.69, 9.17) is 8.83 Å². The lowest BCUT2D eigenvalue weighted by Crippen LogP contribution is -2.31. The van der Waals surface area contributed by atoms with E-state index in [-0.39, 0.29) is 0 Å². The summed E-state index contributed by atoms with van der Waals surface area (Å²) >= 11 is 0. The van der Waals surface area contributed by atoms with E-state index in [1.165, 1.54) is 51.4 Å². The first-order chi connectivity index (χ1) is 11.4. The molecule has 124 valence electrons. The highest BCUT2D eigenvalue weighted by Crippen LogP contribution is 2.32. The Labute approximate surface area is 137 Å². The van der Waals surface area contributed by atoms with Gasteiger partial charge in [-0.25, -0.2) is 0 Å². The summed E-state index contributed by atoms with van der Waals surface area (Å²) in [5.41, 5.74) is 0. The first-order valence-electron chi connectivity index (χ1n) is 8.99. The Morgan fingerprint density at radius 1 is 1.09 bits per heavy atom. The molecule has 4 rings (SSSR count). The monoisotopic (exact) mass is 315 g/mol. The van der Waals surface area contributed by atoms with Gasteiger partial charge in [-0.3, -0.25) is 4.90 Å². The van der Waals surface area contributed by atoms with Crippen LogP contribution in [0, 0.1) is 5.92 Å².